The molecule has 0 aromatic carbocycles. The summed E-state index contributed by atoms with van der Waals surface area (Å²) in [6, 6.07) is 0. The zero-order valence-corrected chi connectivity index (χ0v) is 6.02. The molecule has 54 valence electrons. The monoisotopic (exact) mass is 137 g/mol. The maximum absolute atomic E-state index is 8.93. The quantitative estimate of drug-likeness (QED) is 0.537. The van der Waals surface area contributed by atoms with Crippen LogP contribution in [0, 0.1) is 0 Å². The number of hydrogen-bond donors (Lipinski definition) is 2. The van der Waals surface area contributed by atoms with Gasteiger partial charge in [0, 0.05) is 17.8 Å². The molecule has 0 saturated heterocycles. The molecule has 2 heteroatoms. The van der Waals surface area contributed by atoms with E-state index in [1.165, 1.54) is 0 Å². The maximum Gasteiger partial charge on any atom is 0.113 e. The van der Waals surface area contributed by atoms with E-state index in [9.17, 15) is 0 Å². The summed E-state index contributed by atoms with van der Waals surface area (Å²) in [5.41, 5.74) is 1.97. The van der Waals surface area contributed by atoms with E-state index >= 15 is 0 Å². The number of aliphatic hydroxyl groups is 1. The van der Waals surface area contributed by atoms with E-state index in [1.807, 2.05) is 19.1 Å². The van der Waals surface area contributed by atoms with Crippen LogP contribution in [0.4, 0.5) is 0 Å². The second-order valence-corrected chi connectivity index (χ2v) is 2.34. The van der Waals surface area contributed by atoms with Crippen LogP contribution in [0.25, 0.3) is 0 Å². The fourth-order valence-electron chi connectivity index (χ4n) is 0.776. The van der Waals surface area contributed by atoms with Crippen LogP contribution < -0.4 is 5.32 Å². The molecule has 1 heterocycles. The Kier molecular flexibility index (Phi) is 1.81. The Balaban J connectivity index is 2.74. The second-order valence-electron chi connectivity index (χ2n) is 2.34. The summed E-state index contributed by atoms with van der Waals surface area (Å²) < 4.78 is 0. The van der Waals surface area contributed by atoms with Gasteiger partial charge >= 0.3 is 0 Å². The van der Waals surface area contributed by atoms with E-state index in [0.717, 1.165) is 11.3 Å². The van der Waals surface area contributed by atoms with Gasteiger partial charge in [-0.25, -0.2) is 0 Å². The van der Waals surface area contributed by atoms with Crippen molar-refractivity contribution >= 4 is 0 Å². The Morgan fingerprint density at radius 1 is 1.70 bits per heavy atom. The number of hydrogen-bond acceptors (Lipinski definition) is 2. The standard InChI is InChI=1S/C8H11NO/c1-6-3-4-8(5-9-6)7(2)10/h3-4,9-10H,2,5H2,1H3. The minimum atomic E-state index is 0.149. The molecule has 2 N–H and O–H groups in total. The molecule has 0 atom stereocenters. The molecule has 2 nitrogen and oxygen atoms in total. The molecule has 0 aromatic rings. The number of aliphatic hydroxyl groups excluding tert-OH is 1. The Morgan fingerprint density at radius 2 is 2.40 bits per heavy atom. The molecular formula is C8H11NO. The van der Waals surface area contributed by atoms with Crippen LogP contribution in [-0.4, -0.2) is 11.7 Å². The summed E-state index contributed by atoms with van der Waals surface area (Å²) in [6.07, 6.45) is 3.79. The second kappa shape index (κ2) is 2.60. The molecule has 0 saturated carbocycles. The zero-order valence-electron chi connectivity index (χ0n) is 6.02. The van der Waals surface area contributed by atoms with Crippen molar-refractivity contribution in [3.8, 4) is 0 Å². The van der Waals surface area contributed by atoms with E-state index in [1.54, 1.807) is 0 Å². The van der Waals surface area contributed by atoms with Gasteiger partial charge in [-0.3, -0.25) is 0 Å². The van der Waals surface area contributed by atoms with Crippen molar-refractivity contribution in [1.29, 1.82) is 0 Å². The molecule has 0 aromatic heterocycles. The first kappa shape index (κ1) is 6.93. The molecule has 0 spiro atoms. The van der Waals surface area contributed by atoms with Crippen LogP contribution in [0.2, 0.25) is 0 Å². The lowest BCUT2D eigenvalue weighted by molar-refractivity contribution is 0.422. The highest BCUT2D eigenvalue weighted by Gasteiger charge is 2.02. The third-order valence-corrected chi connectivity index (χ3v) is 1.46. The Morgan fingerprint density at radius 3 is 2.80 bits per heavy atom. The van der Waals surface area contributed by atoms with Gasteiger partial charge in [-0.2, -0.15) is 0 Å². The van der Waals surface area contributed by atoms with Gasteiger partial charge in [0.25, 0.3) is 0 Å². The lowest BCUT2D eigenvalue weighted by Gasteiger charge is -2.12. The van der Waals surface area contributed by atoms with Crippen LogP contribution in [0.3, 0.4) is 0 Å². The van der Waals surface area contributed by atoms with Crippen molar-refractivity contribution in [2.24, 2.45) is 0 Å². The van der Waals surface area contributed by atoms with Gasteiger partial charge in [0.2, 0.25) is 0 Å². The van der Waals surface area contributed by atoms with Crippen LogP contribution in [0.15, 0.2) is 35.8 Å². The minimum absolute atomic E-state index is 0.149. The summed E-state index contributed by atoms with van der Waals surface area (Å²) in [7, 11) is 0. The van der Waals surface area contributed by atoms with Crippen molar-refractivity contribution in [2.45, 2.75) is 6.92 Å². The number of nitrogens with one attached hydrogen (secondary N) is 1. The van der Waals surface area contributed by atoms with Crippen molar-refractivity contribution < 1.29 is 5.11 Å². The van der Waals surface area contributed by atoms with E-state index in [-0.39, 0.29) is 5.76 Å². The SMILES string of the molecule is C=C(O)C1=CC=C(C)NC1. The summed E-state index contributed by atoms with van der Waals surface area (Å²) in [5, 5.41) is 12.0. The Hall–Kier alpha value is -1.18. The highest BCUT2D eigenvalue weighted by molar-refractivity contribution is 5.32. The first-order chi connectivity index (χ1) is 4.70. The van der Waals surface area contributed by atoms with Gasteiger partial charge in [-0.05, 0) is 13.0 Å². The van der Waals surface area contributed by atoms with Crippen LogP contribution in [0.1, 0.15) is 6.92 Å². The predicted molar refractivity (Wildman–Crippen MR) is 41.6 cm³/mol. The molecule has 0 radical (unpaired) electrons. The average Bonchev–Trinajstić information content (AvgIpc) is 1.88. The molecular weight excluding hydrogens is 126 g/mol. The Bertz CT molecular complexity index is 213. The largest absolute Gasteiger partial charge is 0.508 e. The topological polar surface area (TPSA) is 32.3 Å². The molecule has 0 fully saturated rings. The predicted octanol–water partition coefficient (Wildman–Crippen LogP) is 1.49. The van der Waals surface area contributed by atoms with E-state index in [0.29, 0.717) is 6.54 Å². The first-order valence-corrected chi connectivity index (χ1v) is 3.19. The minimum Gasteiger partial charge on any atom is -0.508 e. The summed E-state index contributed by atoms with van der Waals surface area (Å²) in [5.74, 6) is 0.149. The van der Waals surface area contributed by atoms with Crippen LogP contribution in [-0.2, 0) is 0 Å². The van der Waals surface area contributed by atoms with Crippen LogP contribution >= 0.6 is 0 Å². The van der Waals surface area contributed by atoms with Gasteiger partial charge in [-0.1, -0.05) is 12.7 Å². The lowest BCUT2D eigenvalue weighted by Crippen LogP contribution is -2.18. The van der Waals surface area contributed by atoms with Crippen molar-refractivity contribution in [3.63, 3.8) is 0 Å². The molecule has 0 bridgehead atoms. The maximum atomic E-state index is 8.93. The zero-order chi connectivity index (χ0) is 7.56. The third-order valence-electron chi connectivity index (χ3n) is 1.46. The molecule has 0 unspecified atom stereocenters. The highest BCUT2D eigenvalue weighted by atomic mass is 16.3. The average molecular weight is 137 g/mol. The molecule has 1 aliphatic rings. The highest BCUT2D eigenvalue weighted by Crippen LogP contribution is 2.08. The van der Waals surface area contributed by atoms with Gasteiger partial charge in [0.1, 0.15) is 5.76 Å². The van der Waals surface area contributed by atoms with E-state index in [2.05, 4.69) is 11.9 Å². The van der Waals surface area contributed by atoms with Crippen molar-refractivity contribution in [3.05, 3.63) is 35.8 Å². The van der Waals surface area contributed by atoms with Gasteiger partial charge in [0.15, 0.2) is 0 Å². The Labute approximate surface area is 60.6 Å². The molecule has 0 aliphatic carbocycles. The summed E-state index contributed by atoms with van der Waals surface area (Å²) in [6.45, 7) is 6.08. The van der Waals surface area contributed by atoms with Gasteiger partial charge in [0.05, 0.1) is 0 Å². The molecule has 0 amide bonds. The van der Waals surface area contributed by atoms with E-state index < -0.39 is 0 Å². The summed E-state index contributed by atoms with van der Waals surface area (Å²) in [4.78, 5) is 0. The lowest BCUT2D eigenvalue weighted by atomic mass is 10.1. The third kappa shape index (κ3) is 1.41. The fraction of sp³-hybridized carbons (Fsp3) is 0.250. The first-order valence-electron chi connectivity index (χ1n) is 3.19. The van der Waals surface area contributed by atoms with Crippen molar-refractivity contribution in [1.82, 2.24) is 5.32 Å². The van der Waals surface area contributed by atoms with Crippen molar-refractivity contribution in [2.75, 3.05) is 6.54 Å². The normalized spacial score (nSPS) is 16.9. The number of rotatable bonds is 1. The van der Waals surface area contributed by atoms with Crippen LogP contribution in [0.5, 0.6) is 0 Å². The summed E-state index contributed by atoms with van der Waals surface area (Å²) >= 11 is 0. The fourth-order valence-corrected chi connectivity index (χ4v) is 0.776. The molecule has 1 rings (SSSR count). The van der Waals surface area contributed by atoms with Gasteiger partial charge < -0.3 is 10.4 Å². The number of allylic oxidation sites excluding steroid dienone is 3. The van der Waals surface area contributed by atoms with Gasteiger partial charge in [-0.15, -0.1) is 0 Å². The molecule has 10 heavy (non-hydrogen) atoms. The smallest absolute Gasteiger partial charge is 0.113 e. The molecule has 1 aliphatic heterocycles. The number of dihydropyridines is 1. The van der Waals surface area contributed by atoms with E-state index in [4.69, 9.17) is 5.11 Å².